The highest BCUT2D eigenvalue weighted by molar-refractivity contribution is 7.90. The van der Waals surface area contributed by atoms with Gasteiger partial charge in [-0.3, -0.25) is 0 Å². The molecule has 1 aromatic rings. The summed E-state index contributed by atoms with van der Waals surface area (Å²) in [6.45, 7) is 3.37. The zero-order valence-corrected chi connectivity index (χ0v) is 13.6. The molecule has 8 heteroatoms. The van der Waals surface area contributed by atoms with Crippen molar-refractivity contribution in [2.24, 2.45) is 0 Å². The Morgan fingerprint density at radius 2 is 2.00 bits per heavy atom. The van der Waals surface area contributed by atoms with Crippen molar-refractivity contribution in [3.63, 3.8) is 0 Å². The second-order valence-corrected chi connectivity index (χ2v) is 8.16. The number of urea groups is 1. The van der Waals surface area contributed by atoms with Crippen LogP contribution in [0, 0.1) is 5.82 Å². The van der Waals surface area contributed by atoms with E-state index in [0.717, 1.165) is 12.3 Å². The molecule has 0 heterocycles. The van der Waals surface area contributed by atoms with Crippen LogP contribution in [0.25, 0.3) is 0 Å². The first-order valence-electron chi connectivity index (χ1n) is 6.20. The normalized spacial score (nSPS) is 12.0. The third-order valence-electron chi connectivity index (χ3n) is 2.73. The Morgan fingerprint density at radius 1 is 1.38 bits per heavy atom. The fourth-order valence-electron chi connectivity index (χ4n) is 1.56. The van der Waals surface area contributed by atoms with Gasteiger partial charge in [-0.25, -0.2) is 17.6 Å². The SMILES string of the molecule is CC(C)(CCS(C)(=O)=O)NC(=O)Nc1cc(Cl)ccc1F. The zero-order chi connectivity index (χ0) is 16.3. The average molecular weight is 337 g/mol. The summed E-state index contributed by atoms with van der Waals surface area (Å²) in [5.74, 6) is -0.658. The van der Waals surface area contributed by atoms with Gasteiger partial charge in [0, 0.05) is 16.8 Å². The fraction of sp³-hybridized carbons (Fsp3) is 0.462. The van der Waals surface area contributed by atoms with Crippen LogP contribution >= 0.6 is 11.6 Å². The van der Waals surface area contributed by atoms with E-state index >= 15 is 0 Å². The van der Waals surface area contributed by atoms with Gasteiger partial charge in [0.1, 0.15) is 15.7 Å². The van der Waals surface area contributed by atoms with Crippen LogP contribution in [0.4, 0.5) is 14.9 Å². The Kier molecular flexibility index (Phi) is 5.58. The van der Waals surface area contributed by atoms with Crippen molar-refractivity contribution in [1.82, 2.24) is 5.32 Å². The molecule has 0 unspecified atom stereocenters. The van der Waals surface area contributed by atoms with Gasteiger partial charge in [0.2, 0.25) is 0 Å². The number of hydrogen-bond donors (Lipinski definition) is 2. The van der Waals surface area contributed by atoms with Crippen LogP contribution in [0.1, 0.15) is 20.3 Å². The zero-order valence-electron chi connectivity index (χ0n) is 12.0. The Hall–Kier alpha value is -1.34. The van der Waals surface area contributed by atoms with E-state index in [1.54, 1.807) is 13.8 Å². The molecule has 2 N–H and O–H groups in total. The molecule has 5 nitrogen and oxygen atoms in total. The molecular weight excluding hydrogens is 319 g/mol. The van der Waals surface area contributed by atoms with E-state index < -0.39 is 27.2 Å². The molecule has 0 spiro atoms. The minimum Gasteiger partial charge on any atom is -0.333 e. The standard InChI is InChI=1S/C13H18ClFN2O3S/c1-13(2,6-7-21(3,19)20)17-12(18)16-11-8-9(14)4-5-10(11)15/h4-5,8H,6-7H2,1-3H3,(H2,16,17,18). The number of amides is 2. The highest BCUT2D eigenvalue weighted by Gasteiger charge is 2.22. The molecule has 0 aliphatic rings. The van der Waals surface area contributed by atoms with Gasteiger partial charge in [0.15, 0.2) is 0 Å². The van der Waals surface area contributed by atoms with Crippen LogP contribution in [0.2, 0.25) is 5.02 Å². The molecule has 1 rings (SSSR count). The van der Waals surface area contributed by atoms with Crippen molar-refractivity contribution in [3.05, 3.63) is 29.0 Å². The number of hydrogen-bond acceptors (Lipinski definition) is 3. The average Bonchev–Trinajstić information content (AvgIpc) is 2.30. The maximum absolute atomic E-state index is 13.5. The van der Waals surface area contributed by atoms with E-state index in [0.29, 0.717) is 5.02 Å². The first-order valence-corrected chi connectivity index (χ1v) is 8.64. The predicted octanol–water partition coefficient (Wildman–Crippen LogP) is 2.81. The lowest BCUT2D eigenvalue weighted by atomic mass is 10.0. The molecule has 118 valence electrons. The van der Waals surface area contributed by atoms with Gasteiger partial charge in [-0.15, -0.1) is 0 Å². The van der Waals surface area contributed by atoms with Crippen LogP contribution in [-0.2, 0) is 9.84 Å². The predicted molar refractivity (Wildman–Crippen MR) is 82.0 cm³/mol. The van der Waals surface area contributed by atoms with E-state index in [4.69, 9.17) is 11.6 Å². The molecule has 0 bridgehead atoms. The number of halogens is 2. The van der Waals surface area contributed by atoms with E-state index in [2.05, 4.69) is 10.6 Å². The molecule has 0 fully saturated rings. The molecular formula is C13H18ClFN2O3S. The van der Waals surface area contributed by atoms with Crippen LogP contribution < -0.4 is 10.6 Å². The third kappa shape index (κ3) is 6.77. The minimum atomic E-state index is -3.11. The lowest BCUT2D eigenvalue weighted by molar-refractivity contribution is 0.240. The van der Waals surface area contributed by atoms with E-state index in [-0.39, 0.29) is 17.9 Å². The molecule has 0 saturated heterocycles. The first kappa shape index (κ1) is 17.7. The summed E-state index contributed by atoms with van der Waals surface area (Å²) in [6.07, 6.45) is 1.38. The Balaban J connectivity index is 2.66. The third-order valence-corrected chi connectivity index (χ3v) is 3.91. The van der Waals surface area contributed by atoms with Crippen LogP contribution in [0.5, 0.6) is 0 Å². The summed E-state index contributed by atoms with van der Waals surface area (Å²) in [5, 5.41) is 5.24. The van der Waals surface area contributed by atoms with Gasteiger partial charge in [-0.2, -0.15) is 0 Å². The van der Waals surface area contributed by atoms with E-state index in [1.807, 2.05) is 0 Å². The molecule has 0 aliphatic carbocycles. The lowest BCUT2D eigenvalue weighted by Crippen LogP contribution is -2.46. The van der Waals surface area contributed by atoms with Gasteiger partial charge >= 0.3 is 6.03 Å². The number of sulfone groups is 1. The second-order valence-electron chi connectivity index (χ2n) is 5.47. The molecule has 0 atom stereocenters. The molecule has 1 aromatic carbocycles. The summed E-state index contributed by atoms with van der Waals surface area (Å²) in [5.41, 5.74) is -0.790. The van der Waals surface area contributed by atoms with E-state index in [1.165, 1.54) is 12.1 Å². The van der Waals surface area contributed by atoms with Crippen molar-refractivity contribution in [2.75, 3.05) is 17.3 Å². The highest BCUT2D eigenvalue weighted by atomic mass is 35.5. The van der Waals surface area contributed by atoms with E-state index in [9.17, 15) is 17.6 Å². The minimum absolute atomic E-state index is 0.0427. The van der Waals surface area contributed by atoms with Crippen molar-refractivity contribution in [3.8, 4) is 0 Å². The van der Waals surface area contributed by atoms with Gasteiger partial charge in [-0.1, -0.05) is 11.6 Å². The van der Waals surface area contributed by atoms with Crippen molar-refractivity contribution in [1.29, 1.82) is 0 Å². The molecule has 0 saturated carbocycles. The van der Waals surface area contributed by atoms with Crippen molar-refractivity contribution >= 4 is 33.2 Å². The monoisotopic (exact) mass is 336 g/mol. The van der Waals surface area contributed by atoms with Crippen molar-refractivity contribution < 1.29 is 17.6 Å². The van der Waals surface area contributed by atoms with Crippen molar-refractivity contribution in [2.45, 2.75) is 25.8 Å². The summed E-state index contributed by atoms with van der Waals surface area (Å²) in [6, 6.07) is 3.18. The summed E-state index contributed by atoms with van der Waals surface area (Å²) < 4.78 is 35.8. The van der Waals surface area contributed by atoms with Crippen LogP contribution in [0.3, 0.4) is 0 Å². The van der Waals surface area contributed by atoms with Gasteiger partial charge in [0.05, 0.1) is 11.4 Å². The number of nitrogens with one attached hydrogen (secondary N) is 2. The fourth-order valence-corrected chi connectivity index (χ4v) is 2.61. The number of anilines is 1. The molecule has 0 aliphatic heterocycles. The van der Waals surface area contributed by atoms with Crippen LogP contribution in [0.15, 0.2) is 18.2 Å². The maximum Gasteiger partial charge on any atom is 0.319 e. The Bertz CT molecular complexity index is 632. The molecule has 0 radical (unpaired) electrons. The number of carbonyl (C=O) groups excluding carboxylic acids is 1. The molecule has 0 aromatic heterocycles. The highest BCUT2D eigenvalue weighted by Crippen LogP contribution is 2.19. The maximum atomic E-state index is 13.5. The number of rotatable bonds is 5. The number of benzene rings is 1. The molecule has 21 heavy (non-hydrogen) atoms. The van der Waals surface area contributed by atoms with Crippen LogP contribution in [-0.4, -0.2) is 32.0 Å². The molecule has 2 amide bonds. The van der Waals surface area contributed by atoms with Gasteiger partial charge < -0.3 is 10.6 Å². The Morgan fingerprint density at radius 3 is 2.57 bits per heavy atom. The number of carbonyl (C=O) groups is 1. The van der Waals surface area contributed by atoms with Gasteiger partial charge in [0.25, 0.3) is 0 Å². The summed E-state index contributed by atoms with van der Waals surface area (Å²) >= 11 is 5.73. The smallest absolute Gasteiger partial charge is 0.319 e. The topological polar surface area (TPSA) is 75.3 Å². The first-order chi connectivity index (χ1) is 9.48. The summed E-state index contributed by atoms with van der Waals surface area (Å²) in [7, 11) is -3.11. The van der Waals surface area contributed by atoms with Gasteiger partial charge in [-0.05, 0) is 38.5 Å². The Labute approximate surface area is 128 Å². The lowest BCUT2D eigenvalue weighted by Gasteiger charge is -2.26. The summed E-state index contributed by atoms with van der Waals surface area (Å²) in [4.78, 5) is 11.8. The second kappa shape index (κ2) is 6.62. The quantitative estimate of drug-likeness (QED) is 0.868. The largest absolute Gasteiger partial charge is 0.333 e.